The first kappa shape index (κ1) is 24.2. The van der Waals surface area contributed by atoms with E-state index in [0.29, 0.717) is 5.58 Å². The molecule has 0 bridgehead atoms. The molecule has 2 rings (SSSR count). The van der Waals surface area contributed by atoms with Crippen molar-refractivity contribution in [2.24, 2.45) is 5.92 Å². The number of ether oxygens (including phenoxy) is 1. The second-order valence-electron chi connectivity index (χ2n) is 9.43. The number of furan rings is 1. The Balaban J connectivity index is 1.97. The van der Waals surface area contributed by atoms with Gasteiger partial charge in [-0.3, -0.25) is 9.59 Å². The Bertz CT molecular complexity index is 907. The van der Waals surface area contributed by atoms with Crippen molar-refractivity contribution >= 4 is 28.9 Å². The lowest BCUT2D eigenvalue weighted by Crippen LogP contribution is -2.59. The van der Waals surface area contributed by atoms with Crippen LogP contribution < -0.4 is 16.0 Å². The highest BCUT2D eigenvalue weighted by molar-refractivity contribution is 5.96. The topological polar surface area (TPSA) is 110 Å². The van der Waals surface area contributed by atoms with Crippen LogP contribution in [-0.4, -0.2) is 41.6 Å². The number of hydrogen-bond acceptors (Lipinski definition) is 5. The molecule has 0 fully saturated rings. The van der Waals surface area contributed by atoms with E-state index in [9.17, 15) is 14.4 Å². The molecule has 0 aliphatic carbocycles. The Kier molecular flexibility index (Phi) is 7.36. The van der Waals surface area contributed by atoms with Crippen LogP contribution in [0.3, 0.4) is 0 Å². The number of para-hydroxylation sites is 1. The number of carbonyl (C=O) groups is 3. The van der Waals surface area contributed by atoms with E-state index in [1.807, 2.05) is 32.0 Å². The average molecular weight is 432 g/mol. The minimum atomic E-state index is -1.20. The third-order valence-corrected chi connectivity index (χ3v) is 4.63. The van der Waals surface area contributed by atoms with E-state index in [2.05, 4.69) is 16.0 Å². The van der Waals surface area contributed by atoms with E-state index in [-0.39, 0.29) is 36.1 Å². The molecule has 170 valence electrons. The van der Waals surface area contributed by atoms with Gasteiger partial charge in [-0.2, -0.15) is 0 Å². The standard InChI is InChI=1S/C23H33N3O5/c1-14(2)16(25-20(28)23(6,7)26-21(29)31-22(3,4)5)13-24-19(27)18-12-15-10-8-9-11-17(15)30-18/h8-12,14,16H,13H2,1-7H3,(H,24,27)(H,25,28)(H,26,29). The summed E-state index contributed by atoms with van der Waals surface area (Å²) in [6, 6.07) is 8.71. The summed E-state index contributed by atoms with van der Waals surface area (Å²) in [6.07, 6.45) is -0.674. The van der Waals surface area contributed by atoms with Gasteiger partial charge < -0.3 is 25.1 Å². The van der Waals surface area contributed by atoms with Crippen molar-refractivity contribution in [2.75, 3.05) is 6.54 Å². The Morgan fingerprint density at radius 1 is 1.06 bits per heavy atom. The molecule has 0 spiro atoms. The maximum Gasteiger partial charge on any atom is 0.408 e. The van der Waals surface area contributed by atoms with Gasteiger partial charge in [-0.25, -0.2) is 4.79 Å². The lowest BCUT2D eigenvalue weighted by Gasteiger charge is -2.31. The van der Waals surface area contributed by atoms with E-state index in [4.69, 9.17) is 9.15 Å². The van der Waals surface area contributed by atoms with Crippen LogP contribution >= 0.6 is 0 Å². The van der Waals surface area contributed by atoms with Crippen LogP contribution in [0.5, 0.6) is 0 Å². The normalized spacial score (nSPS) is 13.0. The van der Waals surface area contributed by atoms with Gasteiger partial charge in [0.2, 0.25) is 5.91 Å². The van der Waals surface area contributed by atoms with Crippen molar-refractivity contribution in [1.29, 1.82) is 0 Å². The van der Waals surface area contributed by atoms with E-state index in [1.165, 1.54) is 0 Å². The third-order valence-electron chi connectivity index (χ3n) is 4.63. The first-order valence-corrected chi connectivity index (χ1v) is 10.4. The molecular weight excluding hydrogens is 398 g/mol. The van der Waals surface area contributed by atoms with Crippen LogP contribution in [0.1, 0.15) is 59.0 Å². The molecule has 1 aromatic carbocycles. The minimum absolute atomic E-state index is 0.0391. The van der Waals surface area contributed by atoms with Gasteiger partial charge in [0.05, 0.1) is 0 Å². The van der Waals surface area contributed by atoms with Crippen molar-refractivity contribution < 1.29 is 23.5 Å². The Morgan fingerprint density at radius 3 is 2.29 bits per heavy atom. The van der Waals surface area contributed by atoms with Crippen molar-refractivity contribution in [3.05, 3.63) is 36.1 Å². The summed E-state index contributed by atoms with van der Waals surface area (Å²) in [5.41, 5.74) is -1.23. The summed E-state index contributed by atoms with van der Waals surface area (Å²) in [5, 5.41) is 9.15. The highest BCUT2D eigenvalue weighted by atomic mass is 16.6. The molecule has 1 heterocycles. The van der Waals surface area contributed by atoms with Crippen LogP contribution in [0.2, 0.25) is 0 Å². The maximum absolute atomic E-state index is 12.8. The van der Waals surface area contributed by atoms with Crippen molar-refractivity contribution in [3.8, 4) is 0 Å². The van der Waals surface area contributed by atoms with Gasteiger partial charge >= 0.3 is 6.09 Å². The summed E-state index contributed by atoms with van der Waals surface area (Å²) in [7, 11) is 0. The fraction of sp³-hybridized carbons (Fsp3) is 0.522. The summed E-state index contributed by atoms with van der Waals surface area (Å²) >= 11 is 0. The first-order valence-electron chi connectivity index (χ1n) is 10.4. The van der Waals surface area contributed by atoms with Gasteiger partial charge in [0.1, 0.15) is 16.7 Å². The number of carbonyl (C=O) groups excluding carboxylic acids is 3. The van der Waals surface area contributed by atoms with Crippen molar-refractivity contribution in [1.82, 2.24) is 16.0 Å². The summed E-state index contributed by atoms with van der Waals surface area (Å²) in [6.45, 7) is 12.5. The van der Waals surface area contributed by atoms with Gasteiger partial charge in [0, 0.05) is 18.0 Å². The largest absolute Gasteiger partial charge is 0.451 e. The van der Waals surface area contributed by atoms with E-state index in [0.717, 1.165) is 5.39 Å². The molecule has 0 aliphatic heterocycles. The van der Waals surface area contributed by atoms with Crippen LogP contribution in [0, 0.1) is 5.92 Å². The smallest absolute Gasteiger partial charge is 0.408 e. The number of nitrogens with one attached hydrogen (secondary N) is 3. The Hall–Kier alpha value is -3.03. The molecule has 0 saturated carbocycles. The predicted molar refractivity (Wildman–Crippen MR) is 119 cm³/mol. The molecule has 0 aliphatic rings. The van der Waals surface area contributed by atoms with Crippen molar-refractivity contribution in [2.45, 2.75) is 65.6 Å². The molecule has 1 unspecified atom stereocenters. The monoisotopic (exact) mass is 431 g/mol. The van der Waals surface area contributed by atoms with Crippen LogP contribution in [0.15, 0.2) is 34.7 Å². The zero-order valence-corrected chi connectivity index (χ0v) is 19.3. The van der Waals surface area contributed by atoms with E-state index < -0.39 is 17.2 Å². The van der Waals surface area contributed by atoms with Crippen LogP contribution in [0.25, 0.3) is 11.0 Å². The van der Waals surface area contributed by atoms with Crippen LogP contribution in [-0.2, 0) is 9.53 Å². The number of rotatable bonds is 7. The number of fused-ring (bicyclic) bond motifs is 1. The molecule has 3 N–H and O–H groups in total. The minimum Gasteiger partial charge on any atom is -0.451 e. The predicted octanol–water partition coefficient (Wildman–Crippen LogP) is 3.61. The van der Waals surface area contributed by atoms with Gasteiger partial charge in [0.25, 0.3) is 5.91 Å². The molecule has 8 nitrogen and oxygen atoms in total. The molecule has 1 atom stereocenters. The average Bonchev–Trinajstić information content (AvgIpc) is 3.06. The SMILES string of the molecule is CC(C)C(CNC(=O)c1cc2ccccc2o1)NC(=O)C(C)(C)NC(=O)OC(C)(C)C. The summed E-state index contributed by atoms with van der Waals surface area (Å²) in [5.74, 6) is -0.489. The van der Waals surface area contributed by atoms with E-state index in [1.54, 1.807) is 46.8 Å². The van der Waals surface area contributed by atoms with Gasteiger partial charge in [-0.05, 0) is 52.7 Å². The molecule has 0 saturated heterocycles. The molecule has 0 radical (unpaired) electrons. The fourth-order valence-electron chi connectivity index (χ4n) is 2.80. The van der Waals surface area contributed by atoms with E-state index >= 15 is 0 Å². The molecular formula is C23H33N3O5. The Morgan fingerprint density at radius 2 is 1.71 bits per heavy atom. The lowest BCUT2D eigenvalue weighted by atomic mass is 10.00. The van der Waals surface area contributed by atoms with Gasteiger partial charge in [0.15, 0.2) is 5.76 Å². The summed E-state index contributed by atoms with van der Waals surface area (Å²) in [4.78, 5) is 37.4. The molecule has 1 aromatic heterocycles. The highest BCUT2D eigenvalue weighted by Crippen LogP contribution is 2.18. The zero-order valence-electron chi connectivity index (χ0n) is 19.3. The van der Waals surface area contributed by atoms with Crippen molar-refractivity contribution in [3.63, 3.8) is 0 Å². The number of amides is 3. The second-order valence-corrected chi connectivity index (χ2v) is 9.43. The fourth-order valence-corrected chi connectivity index (χ4v) is 2.80. The third kappa shape index (κ3) is 7.01. The summed E-state index contributed by atoms with van der Waals surface area (Å²) < 4.78 is 10.8. The second kappa shape index (κ2) is 9.41. The quantitative estimate of drug-likeness (QED) is 0.620. The van der Waals surface area contributed by atoms with Gasteiger partial charge in [-0.15, -0.1) is 0 Å². The number of alkyl carbamates (subject to hydrolysis) is 1. The van der Waals surface area contributed by atoms with Crippen LogP contribution in [0.4, 0.5) is 4.79 Å². The lowest BCUT2D eigenvalue weighted by molar-refractivity contribution is -0.127. The van der Waals surface area contributed by atoms with Gasteiger partial charge in [-0.1, -0.05) is 32.0 Å². The molecule has 8 heteroatoms. The molecule has 31 heavy (non-hydrogen) atoms. The zero-order chi connectivity index (χ0) is 23.4. The first-order chi connectivity index (χ1) is 14.3. The number of benzene rings is 1. The molecule has 2 aromatic rings. The highest BCUT2D eigenvalue weighted by Gasteiger charge is 2.33. The molecule has 3 amide bonds. The Labute approximate surface area is 183 Å². The number of hydrogen-bond donors (Lipinski definition) is 3. The maximum atomic E-state index is 12.8.